The minimum absolute atomic E-state index is 0.148. The fraction of sp³-hybridized carbons (Fsp3) is 0.609. The van der Waals surface area contributed by atoms with Crippen LogP contribution in [0.15, 0.2) is 18.2 Å². The molecule has 8 heteroatoms. The quantitative estimate of drug-likeness (QED) is 0.738. The molecule has 1 saturated carbocycles. The molecule has 1 aromatic carbocycles. The Morgan fingerprint density at radius 2 is 1.94 bits per heavy atom. The summed E-state index contributed by atoms with van der Waals surface area (Å²) in [4.78, 5) is 26.0. The molecule has 2 aromatic rings. The molecule has 0 radical (unpaired) electrons. The lowest BCUT2D eigenvalue weighted by molar-refractivity contribution is -0.125. The van der Waals surface area contributed by atoms with Crippen molar-refractivity contribution in [3.8, 4) is 0 Å². The lowest BCUT2D eigenvalue weighted by atomic mass is 9.86. The predicted molar refractivity (Wildman–Crippen MR) is 115 cm³/mol. The van der Waals surface area contributed by atoms with Gasteiger partial charge in [-0.15, -0.1) is 0 Å². The summed E-state index contributed by atoms with van der Waals surface area (Å²) in [6.07, 6.45) is 3.79. The number of amides is 2. The third-order valence-electron chi connectivity index (χ3n) is 6.03. The van der Waals surface area contributed by atoms with Crippen LogP contribution in [0.3, 0.4) is 0 Å². The van der Waals surface area contributed by atoms with Crippen LogP contribution in [0.4, 0.5) is 4.39 Å². The molecular formula is C23H31FN4O3. The summed E-state index contributed by atoms with van der Waals surface area (Å²) in [6.45, 7) is 7.80. The highest BCUT2D eigenvalue weighted by atomic mass is 19.1. The lowest BCUT2D eigenvalue weighted by Crippen LogP contribution is -2.54. The molecule has 1 aliphatic carbocycles. The van der Waals surface area contributed by atoms with Gasteiger partial charge in [0.05, 0.1) is 5.52 Å². The number of aromatic nitrogens is 2. The van der Waals surface area contributed by atoms with E-state index in [-0.39, 0.29) is 17.6 Å². The predicted octanol–water partition coefficient (Wildman–Crippen LogP) is 3.03. The summed E-state index contributed by atoms with van der Waals surface area (Å²) in [5.74, 6) is -0.692. The van der Waals surface area contributed by atoms with E-state index in [0.29, 0.717) is 23.4 Å². The Hall–Kier alpha value is -2.48. The molecule has 2 heterocycles. The monoisotopic (exact) mass is 430 g/mol. The van der Waals surface area contributed by atoms with Crippen LogP contribution >= 0.6 is 0 Å². The van der Waals surface area contributed by atoms with Crippen LogP contribution in [-0.4, -0.2) is 46.9 Å². The average Bonchev–Trinajstić information content (AvgIpc) is 3.46. The second kappa shape index (κ2) is 8.57. The van der Waals surface area contributed by atoms with Gasteiger partial charge in [0.1, 0.15) is 11.9 Å². The topological polar surface area (TPSA) is 85.2 Å². The lowest BCUT2D eigenvalue weighted by Gasteiger charge is -2.30. The van der Waals surface area contributed by atoms with E-state index in [0.717, 1.165) is 38.9 Å². The average molecular weight is 431 g/mol. The molecule has 4 rings (SSSR count). The smallest absolute Gasteiger partial charge is 0.273 e. The number of hydrogen-bond acceptors (Lipinski definition) is 4. The highest BCUT2D eigenvalue weighted by Gasteiger charge is 2.36. The van der Waals surface area contributed by atoms with E-state index in [2.05, 4.69) is 15.7 Å². The van der Waals surface area contributed by atoms with E-state index in [9.17, 15) is 14.0 Å². The van der Waals surface area contributed by atoms with Crippen molar-refractivity contribution in [3.63, 3.8) is 0 Å². The molecule has 1 aromatic heterocycles. The van der Waals surface area contributed by atoms with Crippen molar-refractivity contribution in [2.75, 3.05) is 13.2 Å². The number of rotatable bonds is 6. The van der Waals surface area contributed by atoms with Crippen LogP contribution in [0.5, 0.6) is 0 Å². The summed E-state index contributed by atoms with van der Waals surface area (Å²) in [6, 6.07) is 3.86. The summed E-state index contributed by atoms with van der Waals surface area (Å²) in [7, 11) is 0. The second-order valence-corrected chi connectivity index (χ2v) is 9.80. The molecule has 2 fully saturated rings. The first-order chi connectivity index (χ1) is 14.7. The first-order valence-corrected chi connectivity index (χ1v) is 11.1. The van der Waals surface area contributed by atoms with Gasteiger partial charge in [-0.05, 0) is 55.2 Å². The fourth-order valence-electron chi connectivity index (χ4n) is 4.02. The van der Waals surface area contributed by atoms with Crippen LogP contribution in [0.25, 0.3) is 10.9 Å². The molecule has 1 unspecified atom stereocenters. The van der Waals surface area contributed by atoms with E-state index < -0.39 is 23.2 Å². The number of halogens is 1. The molecule has 1 saturated heterocycles. The van der Waals surface area contributed by atoms with E-state index in [1.165, 1.54) is 12.1 Å². The molecule has 0 spiro atoms. The van der Waals surface area contributed by atoms with Crippen LogP contribution in [0.1, 0.15) is 56.9 Å². The SMILES string of the molecule is CC(C)(C)C(NC(=O)c1nn(CC2CCOCC2)c2ccc(F)cc12)C(=O)NC1CC1. The molecule has 2 N–H and O–H groups in total. The number of fused-ring (bicyclic) bond motifs is 1. The van der Waals surface area contributed by atoms with Gasteiger partial charge in [0.25, 0.3) is 5.91 Å². The first kappa shape index (κ1) is 21.7. The van der Waals surface area contributed by atoms with Gasteiger partial charge in [-0.2, -0.15) is 5.10 Å². The maximum atomic E-state index is 14.0. The maximum Gasteiger partial charge on any atom is 0.273 e. The zero-order valence-corrected chi connectivity index (χ0v) is 18.4. The van der Waals surface area contributed by atoms with E-state index in [1.807, 2.05) is 20.8 Å². The van der Waals surface area contributed by atoms with Gasteiger partial charge in [0.15, 0.2) is 5.69 Å². The van der Waals surface area contributed by atoms with Crippen molar-refractivity contribution >= 4 is 22.7 Å². The molecule has 31 heavy (non-hydrogen) atoms. The molecular weight excluding hydrogens is 399 g/mol. The number of nitrogens with one attached hydrogen (secondary N) is 2. The largest absolute Gasteiger partial charge is 0.381 e. The first-order valence-electron chi connectivity index (χ1n) is 11.1. The summed E-state index contributed by atoms with van der Waals surface area (Å²) in [5, 5.41) is 10.9. The minimum atomic E-state index is -0.718. The third kappa shape index (κ3) is 5.06. The van der Waals surface area contributed by atoms with Crippen LogP contribution in [0, 0.1) is 17.2 Å². The number of benzene rings is 1. The van der Waals surface area contributed by atoms with Gasteiger partial charge in [0, 0.05) is 31.2 Å². The standard InChI is InChI=1S/C23H31FN4O3/c1-23(2,3)20(22(30)25-16-5-6-16)26-21(29)19-17-12-15(24)4-7-18(17)28(27-19)13-14-8-10-31-11-9-14/h4,7,12,14,16,20H,5-6,8-11,13H2,1-3H3,(H,25,30)(H,26,29). The van der Waals surface area contributed by atoms with Crippen LogP contribution in [-0.2, 0) is 16.1 Å². The van der Waals surface area contributed by atoms with Crippen molar-refractivity contribution in [1.29, 1.82) is 0 Å². The van der Waals surface area contributed by atoms with Gasteiger partial charge >= 0.3 is 0 Å². The Morgan fingerprint density at radius 3 is 2.58 bits per heavy atom. The minimum Gasteiger partial charge on any atom is -0.381 e. The summed E-state index contributed by atoms with van der Waals surface area (Å²) >= 11 is 0. The molecule has 1 aliphatic heterocycles. The Kier molecular flexibility index (Phi) is 6.01. The Labute approximate surface area is 181 Å². The normalized spacial score (nSPS) is 18.7. The number of carbonyl (C=O) groups excluding carboxylic acids is 2. The summed E-state index contributed by atoms with van der Waals surface area (Å²) < 4.78 is 21.2. The van der Waals surface area contributed by atoms with Gasteiger partial charge in [-0.25, -0.2) is 4.39 Å². The van der Waals surface area contributed by atoms with Crippen molar-refractivity contribution in [2.24, 2.45) is 11.3 Å². The van der Waals surface area contributed by atoms with Gasteiger partial charge < -0.3 is 15.4 Å². The van der Waals surface area contributed by atoms with Crippen molar-refractivity contribution in [1.82, 2.24) is 20.4 Å². The van der Waals surface area contributed by atoms with Crippen LogP contribution in [0.2, 0.25) is 0 Å². The highest BCUT2D eigenvalue weighted by Crippen LogP contribution is 2.26. The number of nitrogens with zero attached hydrogens (tertiary/aromatic N) is 2. The molecule has 7 nitrogen and oxygen atoms in total. The molecule has 0 bridgehead atoms. The van der Waals surface area contributed by atoms with Gasteiger partial charge in [-0.3, -0.25) is 14.3 Å². The summed E-state index contributed by atoms with van der Waals surface area (Å²) in [5.41, 5.74) is 0.378. The fourth-order valence-corrected chi connectivity index (χ4v) is 4.02. The third-order valence-corrected chi connectivity index (χ3v) is 6.03. The van der Waals surface area contributed by atoms with E-state index in [1.54, 1.807) is 10.7 Å². The highest BCUT2D eigenvalue weighted by molar-refractivity contribution is 6.06. The Bertz CT molecular complexity index is 971. The van der Waals surface area contributed by atoms with Gasteiger partial charge in [0.2, 0.25) is 5.91 Å². The van der Waals surface area contributed by atoms with Crippen molar-refractivity contribution in [2.45, 2.75) is 65.1 Å². The Morgan fingerprint density at radius 1 is 1.23 bits per heavy atom. The molecule has 168 valence electrons. The van der Waals surface area contributed by atoms with E-state index >= 15 is 0 Å². The maximum absolute atomic E-state index is 14.0. The second-order valence-electron chi connectivity index (χ2n) is 9.80. The Balaban J connectivity index is 1.61. The molecule has 2 aliphatic rings. The van der Waals surface area contributed by atoms with Crippen molar-refractivity contribution < 1.29 is 18.7 Å². The van der Waals surface area contributed by atoms with Crippen LogP contribution < -0.4 is 10.6 Å². The number of ether oxygens (including phenoxy) is 1. The number of hydrogen-bond donors (Lipinski definition) is 2. The van der Waals surface area contributed by atoms with E-state index in [4.69, 9.17) is 4.74 Å². The molecule has 1 atom stereocenters. The molecule has 2 amide bonds. The number of carbonyl (C=O) groups is 2. The van der Waals surface area contributed by atoms with Crippen molar-refractivity contribution in [3.05, 3.63) is 29.7 Å². The zero-order valence-electron chi connectivity index (χ0n) is 18.4. The zero-order chi connectivity index (χ0) is 22.2. The van der Waals surface area contributed by atoms with Gasteiger partial charge in [-0.1, -0.05) is 20.8 Å².